The third-order valence-corrected chi connectivity index (χ3v) is 4.53. The van der Waals surface area contributed by atoms with Crippen LogP contribution in [-0.2, 0) is 11.2 Å². The van der Waals surface area contributed by atoms with E-state index in [0.29, 0.717) is 18.3 Å². The maximum absolute atomic E-state index is 12.1. The monoisotopic (exact) mass is 323 g/mol. The zero-order chi connectivity index (χ0) is 16.5. The van der Waals surface area contributed by atoms with Gasteiger partial charge in [0.2, 0.25) is 5.91 Å². The number of rotatable bonds is 5. The molecule has 0 bridgehead atoms. The second-order valence-electron chi connectivity index (χ2n) is 6.46. The van der Waals surface area contributed by atoms with Gasteiger partial charge in [0.05, 0.1) is 6.04 Å². The van der Waals surface area contributed by atoms with Gasteiger partial charge >= 0.3 is 0 Å². The second-order valence-corrected chi connectivity index (χ2v) is 6.46. The summed E-state index contributed by atoms with van der Waals surface area (Å²) in [5.74, 6) is 1.66. The normalized spacial score (nSPS) is 20.5. The molecule has 2 aromatic heterocycles. The number of nitrogens with zero attached hydrogens (tertiary/aromatic N) is 4. The molecule has 1 saturated heterocycles. The van der Waals surface area contributed by atoms with Crippen LogP contribution in [0.25, 0.3) is 11.5 Å². The molecule has 1 aliphatic carbocycles. The first-order valence-electron chi connectivity index (χ1n) is 8.58. The van der Waals surface area contributed by atoms with Crippen LogP contribution >= 0.6 is 0 Å². The van der Waals surface area contributed by atoms with Gasteiger partial charge in [-0.1, -0.05) is 13.0 Å². The first kappa shape index (κ1) is 15.1. The first-order chi connectivity index (χ1) is 11.7. The van der Waals surface area contributed by atoms with Crippen molar-refractivity contribution in [3.63, 3.8) is 0 Å². The van der Waals surface area contributed by atoms with Gasteiger partial charge in [0.1, 0.15) is 11.5 Å². The van der Waals surface area contributed by atoms with E-state index in [2.05, 4.69) is 27.2 Å². The number of anilines is 1. The van der Waals surface area contributed by atoms with Crippen LogP contribution in [0.5, 0.6) is 0 Å². The quantitative estimate of drug-likeness (QED) is 0.914. The SMILES string of the molecule is CCc1cc(NC2CC(=O)N(C3CC3)C2)nc(-c2ccccn2)n1. The first-order valence-corrected chi connectivity index (χ1v) is 8.58. The van der Waals surface area contributed by atoms with E-state index in [9.17, 15) is 4.79 Å². The smallest absolute Gasteiger partial charge is 0.225 e. The van der Waals surface area contributed by atoms with Gasteiger partial charge in [0.15, 0.2) is 5.82 Å². The largest absolute Gasteiger partial charge is 0.365 e. The van der Waals surface area contributed by atoms with Crippen molar-refractivity contribution in [1.29, 1.82) is 0 Å². The summed E-state index contributed by atoms with van der Waals surface area (Å²) in [6.07, 6.45) is 5.41. The Morgan fingerprint density at radius 1 is 1.29 bits per heavy atom. The molecule has 124 valence electrons. The van der Waals surface area contributed by atoms with Gasteiger partial charge in [0, 0.05) is 37.0 Å². The highest BCUT2D eigenvalue weighted by molar-refractivity contribution is 5.80. The lowest BCUT2D eigenvalue weighted by Crippen LogP contribution is -2.30. The van der Waals surface area contributed by atoms with Crippen molar-refractivity contribution in [3.05, 3.63) is 36.2 Å². The van der Waals surface area contributed by atoms with Gasteiger partial charge in [-0.15, -0.1) is 0 Å². The van der Waals surface area contributed by atoms with Gasteiger partial charge in [-0.05, 0) is 31.4 Å². The molecule has 1 N–H and O–H groups in total. The van der Waals surface area contributed by atoms with Crippen molar-refractivity contribution >= 4 is 11.7 Å². The summed E-state index contributed by atoms with van der Waals surface area (Å²) in [6.45, 7) is 2.84. The van der Waals surface area contributed by atoms with E-state index in [0.717, 1.165) is 43.0 Å². The Hall–Kier alpha value is -2.50. The minimum Gasteiger partial charge on any atom is -0.365 e. The van der Waals surface area contributed by atoms with E-state index in [1.54, 1.807) is 6.20 Å². The Morgan fingerprint density at radius 3 is 2.88 bits per heavy atom. The molecular formula is C18H21N5O. The van der Waals surface area contributed by atoms with Gasteiger partial charge in [-0.25, -0.2) is 9.97 Å². The van der Waals surface area contributed by atoms with Crippen molar-refractivity contribution in [2.45, 2.75) is 44.7 Å². The molecule has 1 atom stereocenters. The number of amides is 1. The predicted molar refractivity (Wildman–Crippen MR) is 91.4 cm³/mol. The lowest BCUT2D eigenvalue weighted by Gasteiger charge is -2.17. The van der Waals surface area contributed by atoms with Crippen LogP contribution in [0.3, 0.4) is 0 Å². The fourth-order valence-electron chi connectivity index (χ4n) is 3.14. The Morgan fingerprint density at radius 2 is 2.17 bits per heavy atom. The van der Waals surface area contributed by atoms with Crippen LogP contribution in [0.4, 0.5) is 5.82 Å². The average molecular weight is 323 g/mol. The third-order valence-electron chi connectivity index (χ3n) is 4.53. The summed E-state index contributed by atoms with van der Waals surface area (Å²) in [4.78, 5) is 27.6. The van der Waals surface area contributed by atoms with Gasteiger partial charge < -0.3 is 10.2 Å². The number of hydrogen-bond acceptors (Lipinski definition) is 5. The van der Waals surface area contributed by atoms with E-state index in [1.165, 1.54) is 0 Å². The molecule has 6 nitrogen and oxygen atoms in total. The summed E-state index contributed by atoms with van der Waals surface area (Å²) in [6, 6.07) is 8.28. The lowest BCUT2D eigenvalue weighted by atomic mass is 10.2. The van der Waals surface area contributed by atoms with Crippen LogP contribution in [-0.4, -0.2) is 44.4 Å². The molecule has 1 amide bonds. The van der Waals surface area contributed by atoms with E-state index in [1.807, 2.05) is 29.2 Å². The predicted octanol–water partition coefficient (Wildman–Crippen LogP) is 2.28. The summed E-state index contributed by atoms with van der Waals surface area (Å²) in [5, 5.41) is 3.43. The zero-order valence-corrected chi connectivity index (χ0v) is 13.8. The number of carbonyl (C=O) groups excluding carboxylic acids is 1. The third kappa shape index (κ3) is 3.09. The number of hydrogen-bond donors (Lipinski definition) is 1. The molecule has 0 spiro atoms. The second kappa shape index (κ2) is 6.19. The standard InChI is InChI=1S/C18H21N5O/c1-2-12-9-16(22-18(21-12)15-5-3-4-8-19-15)20-13-10-17(24)23(11-13)14-6-7-14/h3-5,8-9,13-14H,2,6-7,10-11H2,1H3,(H,20,21,22). The van der Waals surface area contributed by atoms with Crippen LogP contribution in [0.1, 0.15) is 31.9 Å². The zero-order valence-electron chi connectivity index (χ0n) is 13.8. The molecule has 0 aromatic carbocycles. The molecule has 2 aromatic rings. The molecule has 6 heteroatoms. The number of pyridine rings is 1. The molecule has 1 unspecified atom stereocenters. The highest BCUT2D eigenvalue weighted by Gasteiger charge is 2.39. The van der Waals surface area contributed by atoms with E-state index in [-0.39, 0.29) is 11.9 Å². The van der Waals surface area contributed by atoms with Crippen molar-refractivity contribution < 1.29 is 4.79 Å². The summed E-state index contributed by atoms with van der Waals surface area (Å²) in [5.41, 5.74) is 1.73. The van der Waals surface area contributed by atoms with Crippen LogP contribution in [0.2, 0.25) is 0 Å². The number of nitrogens with one attached hydrogen (secondary N) is 1. The highest BCUT2D eigenvalue weighted by Crippen LogP contribution is 2.31. The Balaban J connectivity index is 1.55. The van der Waals surface area contributed by atoms with Crippen molar-refractivity contribution in [3.8, 4) is 11.5 Å². The lowest BCUT2D eigenvalue weighted by molar-refractivity contribution is -0.128. The topological polar surface area (TPSA) is 71.0 Å². The molecular weight excluding hydrogens is 302 g/mol. The molecule has 3 heterocycles. The molecule has 1 saturated carbocycles. The molecule has 2 fully saturated rings. The van der Waals surface area contributed by atoms with Crippen molar-refractivity contribution in [1.82, 2.24) is 19.9 Å². The number of likely N-dealkylation sites (tertiary alicyclic amines) is 1. The minimum atomic E-state index is 0.120. The average Bonchev–Trinajstić information content (AvgIpc) is 3.39. The molecule has 4 rings (SSSR count). The van der Waals surface area contributed by atoms with Crippen LogP contribution in [0.15, 0.2) is 30.5 Å². The van der Waals surface area contributed by atoms with Crippen LogP contribution in [0, 0.1) is 0 Å². The van der Waals surface area contributed by atoms with E-state index < -0.39 is 0 Å². The Kier molecular flexibility index (Phi) is 3.88. The Labute approximate surface area is 141 Å². The van der Waals surface area contributed by atoms with Crippen LogP contribution < -0.4 is 5.32 Å². The summed E-state index contributed by atoms with van der Waals surface area (Å²) >= 11 is 0. The molecule has 2 aliphatic rings. The van der Waals surface area contributed by atoms with Crippen molar-refractivity contribution in [2.24, 2.45) is 0 Å². The van der Waals surface area contributed by atoms with E-state index >= 15 is 0 Å². The Bertz CT molecular complexity index is 744. The van der Waals surface area contributed by atoms with Gasteiger partial charge in [-0.2, -0.15) is 0 Å². The fourth-order valence-corrected chi connectivity index (χ4v) is 3.14. The van der Waals surface area contributed by atoms with Gasteiger partial charge in [-0.3, -0.25) is 9.78 Å². The minimum absolute atomic E-state index is 0.120. The number of aryl methyl sites for hydroxylation is 1. The summed E-state index contributed by atoms with van der Waals surface area (Å²) in [7, 11) is 0. The maximum atomic E-state index is 12.1. The molecule has 1 aliphatic heterocycles. The number of aromatic nitrogens is 3. The van der Waals surface area contributed by atoms with Gasteiger partial charge in [0.25, 0.3) is 0 Å². The molecule has 24 heavy (non-hydrogen) atoms. The highest BCUT2D eigenvalue weighted by atomic mass is 16.2. The fraction of sp³-hybridized carbons (Fsp3) is 0.444. The van der Waals surface area contributed by atoms with Crippen molar-refractivity contribution in [2.75, 3.05) is 11.9 Å². The molecule has 0 radical (unpaired) electrons. The summed E-state index contributed by atoms with van der Waals surface area (Å²) < 4.78 is 0. The maximum Gasteiger partial charge on any atom is 0.225 e. The number of carbonyl (C=O) groups is 1. The van der Waals surface area contributed by atoms with E-state index in [4.69, 9.17) is 0 Å².